The van der Waals surface area contributed by atoms with E-state index in [2.05, 4.69) is 57.5 Å². The van der Waals surface area contributed by atoms with Gasteiger partial charge in [0, 0.05) is 81.1 Å². The molecular formula is C54H75N17O9. The van der Waals surface area contributed by atoms with Crippen LogP contribution in [0.15, 0.2) is 95.0 Å². The lowest BCUT2D eigenvalue weighted by molar-refractivity contribution is -0.136. The zero-order valence-electron chi connectivity index (χ0n) is 44.8. The van der Waals surface area contributed by atoms with E-state index in [9.17, 15) is 43.2 Å². The number of amides is 9. The Bertz CT molecular complexity index is 2830. The summed E-state index contributed by atoms with van der Waals surface area (Å²) in [7, 11) is 0. The number of para-hydroxylation sites is 1. The number of aromatic amines is 1. The van der Waals surface area contributed by atoms with Crippen LogP contribution < -0.4 is 76.9 Å². The highest BCUT2D eigenvalue weighted by atomic mass is 16.2. The van der Waals surface area contributed by atoms with Gasteiger partial charge in [0.2, 0.25) is 53.2 Å². The molecule has 0 bridgehead atoms. The number of carbonyl (C=O) groups is 9. The second kappa shape index (κ2) is 31.4. The molecule has 3 aromatic carbocycles. The molecule has 80 heavy (non-hydrogen) atoms. The van der Waals surface area contributed by atoms with Gasteiger partial charge < -0.3 is 81.9 Å². The van der Waals surface area contributed by atoms with Gasteiger partial charge in [-0.3, -0.25) is 53.1 Å². The largest absolute Gasteiger partial charge is 0.370 e. The van der Waals surface area contributed by atoms with Gasteiger partial charge in [-0.15, -0.1) is 0 Å². The molecule has 0 radical (unpaired) electrons. The third-order valence-electron chi connectivity index (χ3n) is 13.1. The van der Waals surface area contributed by atoms with Gasteiger partial charge in [0.15, 0.2) is 11.9 Å². The third kappa shape index (κ3) is 20.4. The number of nitrogens with one attached hydrogen (secondary N) is 9. The van der Waals surface area contributed by atoms with Crippen LogP contribution in [0.25, 0.3) is 10.9 Å². The maximum atomic E-state index is 14.9. The van der Waals surface area contributed by atoms with E-state index in [0.717, 1.165) is 16.5 Å². The molecule has 0 aliphatic carbocycles. The smallest absolute Gasteiger partial charge is 0.248 e. The second-order valence-electron chi connectivity index (χ2n) is 19.5. The van der Waals surface area contributed by atoms with E-state index in [0.29, 0.717) is 30.4 Å². The number of aliphatic imine (C=N–C) groups is 2. The number of fused-ring (bicyclic) bond motifs is 1. The van der Waals surface area contributed by atoms with Crippen molar-refractivity contribution in [3.8, 4) is 0 Å². The van der Waals surface area contributed by atoms with Crippen LogP contribution in [0.1, 0.15) is 85.3 Å². The summed E-state index contributed by atoms with van der Waals surface area (Å²) in [5.41, 5.74) is 36.5. The predicted octanol–water partition coefficient (Wildman–Crippen LogP) is -2.54. The normalized spacial score (nSPS) is 20.5. The Morgan fingerprint density at radius 3 is 1.84 bits per heavy atom. The van der Waals surface area contributed by atoms with E-state index in [1.54, 1.807) is 36.5 Å². The number of hydrogen-bond donors (Lipinski definition) is 15. The first-order valence-electron chi connectivity index (χ1n) is 26.4. The zero-order chi connectivity index (χ0) is 58.1. The van der Waals surface area contributed by atoms with Crippen molar-refractivity contribution >= 4 is 76.0 Å². The summed E-state index contributed by atoms with van der Waals surface area (Å²) >= 11 is 0. The standard InChI is InChI=1S/C54H75N17O9/c1-31(72)65-39(16-9-23-62-53(57)58)47(75)71-44-28-45(73)61-22-8-7-13-36(29-55)66-49(77)43(27-35-30-64-38-15-6-5-14-37(35)38)70-48(76)40(17-10-24-63-54(59)60)67-50(78)41(25-32-11-3-2-4-12-32)68-51(79)42(69-52(44)80)26-33-18-20-34(21-19-33)46(56)74/h2-6,11-12,14-15,18-21,30,36,39-44,64H,7-10,13,16-17,22-29,55H2,1H3,(H2,56,74)(H,61,73)(H,65,72)(H,66,77)(H,67,78)(H,68,79)(H,69,80)(H,70,76)(H,71,75)(H4,57,58,62)(H4,59,60,63)/t36-,39-,40-,41+,42-,43-,44-/m0/s1. The number of carbonyl (C=O) groups excluding carboxylic acids is 9. The minimum absolute atomic E-state index is 0.0215. The Morgan fingerprint density at radius 2 is 1.21 bits per heavy atom. The highest BCUT2D eigenvalue weighted by Gasteiger charge is 2.35. The fraction of sp³-hybridized carbons (Fsp3) is 0.426. The first-order valence-corrected chi connectivity index (χ1v) is 26.4. The van der Waals surface area contributed by atoms with E-state index in [4.69, 9.17) is 34.4 Å². The molecule has 1 aliphatic rings. The van der Waals surface area contributed by atoms with Gasteiger partial charge in [-0.25, -0.2) is 0 Å². The number of H-pyrrole nitrogens is 1. The molecule has 1 saturated heterocycles. The Hall–Kier alpha value is -9.07. The molecule has 1 fully saturated rings. The zero-order valence-corrected chi connectivity index (χ0v) is 44.8. The molecule has 0 spiro atoms. The molecule has 26 heteroatoms. The van der Waals surface area contributed by atoms with Gasteiger partial charge in [0.1, 0.15) is 36.3 Å². The molecule has 7 atom stereocenters. The first-order chi connectivity index (χ1) is 38.3. The van der Waals surface area contributed by atoms with E-state index in [-0.39, 0.29) is 88.6 Å². The van der Waals surface area contributed by atoms with Crippen molar-refractivity contribution in [2.24, 2.45) is 44.4 Å². The number of guanidine groups is 2. The van der Waals surface area contributed by atoms with Crippen LogP contribution in [-0.2, 0) is 57.6 Å². The Balaban J connectivity index is 1.57. The monoisotopic (exact) mass is 1110 g/mol. The van der Waals surface area contributed by atoms with Gasteiger partial charge in [0.25, 0.3) is 0 Å². The van der Waals surface area contributed by atoms with Gasteiger partial charge >= 0.3 is 0 Å². The number of benzene rings is 3. The van der Waals surface area contributed by atoms with Gasteiger partial charge in [-0.1, -0.05) is 60.7 Å². The molecular weight excluding hydrogens is 1030 g/mol. The average molecular weight is 1110 g/mol. The van der Waals surface area contributed by atoms with Crippen LogP contribution in [0.5, 0.6) is 0 Å². The molecule has 1 aromatic heterocycles. The number of aromatic nitrogens is 1. The van der Waals surface area contributed by atoms with Crippen LogP contribution in [-0.4, -0.2) is 139 Å². The van der Waals surface area contributed by atoms with Crippen LogP contribution in [0, 0.1) is 0 Å². The molecule has 430 valence electrons. The van der Waals surface area contributed by atoms with Crippen LogP contribution in [0.4, 0.5) is 0 Å². The number of primary amides is 1. The van der Waals surface area contributed by atoms with Crippen molar-refractivity contribution in [3.63, 3.8) is 0 Å². The lowest BCUT2D eigenvalue weighted by atomic mass is 10.00. The van der Waals surface area contributed by atoms with Crippen LogP contribution in [0.3, 0.4) is 0 Å². The van der Waals surface area contributed by atoms with Gasteiger partial charge in [0.05, 0.1) is 6.42 Å². The predicted molar refractivity (Wildman–Crippen MR) is 300 cm³/mol. The molecule has 5 rings (SSSR count). The lowest BCUT2D eigenvalue weighted by Gasteiger charge is -2.28. The lowest BCUT2D eigenvalue weighted by Crippen LogP contribution is -2.61. The maximum absolute atomic E-state index is 14.9. The first kappa shape index (κ1) is 61.8. The highest BCUT2D eigenvalue weighted by Crippen LogP contribution is 2.20. The Kier molecular flexibility index (Phi) is 24.2. The van der Waals surface area contributed by atoms with Crippen molar-refractivity contribution in [1.29, 1.82) is 0 Å². The van der Waals surface area contributed by atoms with E-state index in [1.165, 1.54) is 31.2 Å². The minimum atomic E-state index is -1.65. The molecule has 26 nitrogen and oxygen atoms in total. The number of rotatable bonds is 19. The summed E-state index contributed by atoms with van der Waals surface area (Å²) < 4.78 is 0. The second-order valence-corrected chi connectivity index (χ2v) is 19.5. The highest BCUT2D eigenvalue weighted by molar-refractivity contribution is 5.99. The number of nitrogens with zero attached hydrogens (tertiary/aromatic N) is 2. The topological polar surface area (TPSA) is 446 Å². The number of hydrogen-bond acceptors (Lipinski definition) is 12. The minimum Gasteiger partial charge on any atom is -0.370 e. The number of nitrogens with two attached hydrogens (primary N) is 6. The average Bonchev–Trinajstić information content (AvgIpc) is 3.83. The Morgan fingerprint density at radius 1 is 0.650 bits per heavy atom. The third-order valence-corrected chi connectivity index (χ3v) is 13.1. The summed E-state index contributed by atoms with van der Waals surface area (Å²) in [6.07, 6.45) is 2.34. The molecule has 0 unspecified atom stereocenters. The molecule has 1 aliphatic heterocycles. The van der Waals surface area contributed by atoms with Crippen LogP contribution >= 0.6 is 0 Å². The van der Waals surface area contributed by atoms with Gasteiger partial charge in [-0.2, -0.15) is 0 Å². The van der Waals surface area contributed by atoms with E-state index < -0.39 is 102 Å². The summed E-state index contributed by atoms with van der Waals surface area (Å²) in [4.78, 5) is 137. The van der Waals surface area contributed by atoms with Crippen molar-refractivity contribution < 1.29 is 43.2 Å². The molecule has 0 saturated carbocycles. The fourth-order valence-corrected chi connectivity index (χ4v) is 8.95. The van der Waals surface area contributed by atoms with E-state index in [1.807, 2.05) is 24.3 Å². The van der Waals surface area contributed by atoms with Crippen molar-refractivity contribution in [2.75, 3.05) is 26.2 Å². The summed E-state index contributed by atoms with van der Waals surface area (Å²) in [5.74, 6) is -7.19. The summed E-state index contributed by atoms with van der Waals surface area (Å²) in [5, 5.41) is 22.8. The van der Waals surface area contributed by atoms with Crippen LogP contribution in [0.2, 0.25) is 0 Å². The molecule has 2 heterocycles. The summed E-state index contributed by atoms with van der Waals surface area (Å²) in [6.45, 7) is 1.50. The molecule has 4 aromatic rings. The van der Waals surface area contributed by atoms with Crippen molar-refractivity contribution in [2.45, 2.75) is 120 Å². The van der Waals surface area contributed by atoms with Crippen molar-refractivity contribution in [1.82, 2.24) is 47.5 Å². The summed E-state index contributed by atoms with van der Waals surface area (Å²) in [6, 6.07) is 13.0. The van der Waals surface area contributed by atoms with Crippen molar-refractivity contribution in [3.05, 3.63) is 107 Å². The molecule has 21 N–H and O–H groups in total. The fourth-order valence-electron chi connectivity index (χ4n) is 8.95. The van der Waals surface area contributed by atoms with E-state index >= 15 is 0 Å². The maximum Gasteiger partial charge on any atom is 0.248 e. The van der Waals surface area contributed by atoms with Gasteiger partial charge in [-0.05, 0) is 79.8 Å². The molecule has 9 amide bonds. The SMILES string of the molecule is CC(=O)N[C@@H](CCCN=C(N)N)C(=O)N[C@H]1CC(=O)NCCCC[C@@H](CN)NC(=O)[C@H](Cc2c[nH]c3ccccc23)NC(=O)[C@H](CCCN=C(N)N)NC(=O)[C@@H](Cc2ccccc2)NC(=O)[C@H](Cc2ccc(C(N)=O)cc2)NC1=O. The quantitative estimate of drug-likeness (QED) is 0.0262. The Labute approximate surface area is 463 Å².